The minimum absolute atomic E-state index is 0.514. The normalized spacial score (nSPS) is 19.4. The van der Waals surface area contributed by atoms with E-state index < -0.39 is 0 Å². The molecule has 1 aromatic rings. The number of hydrogen-bond acceptors (Lipinski definition) is 2. The summed E-state index contributed by atoms with van der Waals surface area (Å²) in [6.07, 6.45) is 6.22. The van der Waals surface area contributed by atoms with E-state index in [0.717, 1.165) is 18.9 Å². The molecule has 0 radical (unpaired) electrons. The van der Waals surface area contributed by atoms with Crippen molar-refractivity contribution in [3.05, 3.63) is 29.3 Å². The Kier molecular flexibility index (Phi) is 5.90. The molecule has 0 aliphatic heterocycles. The van der Waals surface area contributed by atoms with Crippen LogP contribution in [0.1, 0.15) is 63.6 Å². The quantitative estimate of drug-likeness (QED) is 0.791. The zero-order valence-electron chi connectivity index (χ0n) is 13.2. The lowest BCUT2D eigenvalue weighted by Crippen LogP contribution is -2.25. The Morgan fingerprint density at radius 2 is 2.20 bits per heavy atom. The highest BCUT2D eigenvalue weighted by atomic mass is 16.5. The third kappa shape index (κ3) is 3.99. The second kappa shape index (κ2) is 7.68. The summed E-state index contributed by atoms with van der Waals surface area (Å²) >= 11 is 0. The van der Waals surface area contributed by atoms with Crippen molar-refractivity contribution >= 4 is 0 Å². The molecule has 0 fully saturated rings. The van der Waals surface area contributed by atoms with E-state index in [4.69, 9.17) is 4.74 Å². The zero-order valence-corrected chi connectivity index (χ0v) is 13.2. The Morgan fingerprint density at radius 1 is 1.35 bits per heavy atom. The third-order valence-electron chi connectivity index (χ3n) is 4.20. The monoisotopic (exact) mass is 275 g/mol. The first kappa shape index (κ1) is 15.4. The number of fused-ring (bicyclic) bond motifs is 1. The minimum atomic E-state index is 0.514. The van der Waals surface area contributed by atoms with E-state index in [1.807, 2.05) is 0 Å². The van der Waals surface area contributed by atoms with Gasteiger partial charge in [-0.3, -0.25) is 0 Å². The van der Waals surface area contributed by atoms with Crippen molar-refractivity contribution in [1.82, 2.24) is 5.32 Å². The number of ether oxygens (including phenoxy) is 1. The SMILES string of the molecule is CCCC(C)COc1ccc2c(c1)C(NCC)CCC2. The fourth-order valence-electron chi connectivity index (χ4n) is 3.14. The number of hydrogen-bond donors (Lipinski definition) is 1. The van der Waals surface area contributed by atoms with E-state index in [9.17, 15) is 0 Å². The predicted octanol–water partition coefficient (Wildman–Crippen LogP) is 4.49. The number of benzene rings is 1. The fourth-order valence-corrected chi connectivity index (χ4v) is 3.14. The zero-order chi connectivity index (χ0) is 14.4. The molecule has 2 unspecified atom stereocenters. The molecule has 1 N–H and O–H groups in total. The van der Waals surface area contributed by atoms with Crippen LogP contribution in [0.3, 0.4) is 0 Å². The Labute approximate surface area is 123 Å². The van der Waals surface area contributed by atoms with E-state index >= 15 is 0 Å². The van der Waals surface area contributed by atoms with Crippen molar-refractivity contribution < 1.29 is 4.74 Å². The number of aryl methyl sites for hydroxylation is 1. The van der Waals surface area contributed by atoms with Crippen LogP contribution in [0.25, 0.3) is 0 Å². The van der Waals surface area contributed by atoms with Gasteiger partial charge < -0.3 is 10.1 Å². The molecule has 0 heterocycles. The van der Waals surface area contributed by atoms with Gasteiger partial charge in [0, 0.05) is 6.04 Å². The summed E-state index contributed by atoms with van der Waals surface area (Å²) < 4.78 is 5.99. The van der Waals surface area contributed by atoms with Crippen molar-refractivity contribution in [3.8, 4) is 5.75 Å². The smallest absolute Gasteiger partial charge is 0.119 e. The molecule has 1 aliphatic rings. The summed E-state index contributed by atoms with van der Waals surface area (Å²) in [5.74, 6) is 1.68. The first-order chi connectivity index (χ1) is 9.74. The molecular weight excluding hydrogens is 246 g/mol. The maximum atomic E-state index is 5.99. The van der Waals surface area contributed by atoms with Gasteiger partial charge in [-0.25, -0.2) is 0 Å². The maximum Gasteiger partial charge on any atom is 0.119 e. The van der Waals surface area contributed by atoms with Gasteiger partial charge in [-0.15, -0.1) is 0 Å². The summed E-state index contributed by atoms with van der Waals surface area (Å²) in [7, 11) is 0. The van der Waals surface area contributed by atoms with Gasteiger partial charge in [-0.05, 0) is 61.4 Å². The van der Waals surface area contributed by atoms with Crippen LogP contribution in [0.4, 0.5) is 0 Å². The van der Waals surface area contributed by atoms with Gasteiger partial charge in [0.15, 0.2) is 0 Å². The standard InChI is InChI=1S/C18H29NO/c1-4-7-14(3)13-20-16-11-10-15-8-6-9-18(19-5-2)17(15)12-16/h10-12,14,18-19H,4-9,13H2,1-3H3. The summed E-state index contributed by atoms with van der Waals surface area (Å²) in [5.41, 5.74) is 2.95. The molecule has 0 spiro atoms. The lowest BCUT2D eigenvalue weighted by atomic mass is 9.87. The molecule has 0 aromatic heterocycles. The van der Waals surface area contributed by atoms with Gasteiger partial charge in [0.2, 0.25) is 0 Å². The van der Waals surface area contributed by atoms with E-state index in [2.05, 4.69) is 44.3 Å². The van der Waals surface area contributed by atoms with Gasteiger partial charge in [0.1, 0.15) is 5.75 Å². The van der Waals surface area contributed by atoms with Crippen LogP contribution in [0.2, 0.25) is 0 Å². The van der Waals surface area contributed by atoms with Crippen molar-refractivity contribution in [2.45, 2.75) is 58.9 Å². The topological polar surface area (TPSA) is 21.3 Å². The van der Waals surface area contributed by atoms with Gasteiger partial charge in [0.25, 0.3) is 0 Å². The van der Waals surface area contributed by atoms with Gasteiger partial charge in [-0.2, -0.15) is 0 Å². The van der Waals surface area contributed by atoms with Crippen LogP contribution < -0.4 is 10.1 Å². The highest BCUT2D eigenvalue weighted by Gasteiger charge is 2.19. The van der Waals surface area contributed by atoms with Gasteiger partial charge >= 0.3 is 0 Å². The predicted molar refractivity (Wildman–Crippen MR) is 85.4 cm³/mol. The highest BCUT2D eigenvalue weighted by Crippen LogP contribution is 2.32. The van der Waals surface area contributed by atoms with Crippen LogP contribution >= 0.6 is 0 Å². The molecule has 112 valence electrons. The molecule has 20 heavy (non-hydrogen) atoms. The van der Waals surface area contributed by atoms with Crippen molar-refractivity contribution in [1.29, 1.82) is 0 Å². The Hall–Kier alpha value is -1.02. The van der Waals surface area contributed by atoms with Crippen LogP contribution in [0, 0.1) is 5.92 Å². The first-order valence-electron chi connectivity index (χ1n) is 8.23. The molecule has 2 rings (SSSR count). The summed E-state index contributed by atoms with van der Waals surface area (Å²) in [6, 6.07) is 7.19. The van der Waals surface area contributed by atoms with Crippen LogP contribution in [-0.4, -0.2) is 13.2 Å². The van der Waals surface area contributed by atoms with E-state index in [-0.39, 0.29) is 0 Å². The van der Waals surface area contributed by atoms with Crippen LogP contribution in [0.5, 0.6) is 5.75 Å². The minimum Gasteiger partial charge on any atom is -0.493 e. The molecule has 2 heteroatoms. The Bertz CT molecular complexity index is 416. The van der Waals surface area contributed by atoms with Gasteiger partial charge in [0.05, 0.1) is 6.61 Å². The third-order valence-corrected chi connectivity index (χ3v) is 4.20. The summed E-state index contributed by atoms with van der Waals surface area (Å²) in [4.78, 5) is 0. The second-order valence-electron chi connectivity index (χ2n) is 6.07. The molecule has 1 aromatic carbocycles. The van der Waals surface area contributed by atoms with Crippen molar-refractivity contribution in [3.63, 3.8) is 0 Å². The second-order valence-corrected chi connectivity index (χ2v) is 6.07. The average Bonchev–Trinajstić information content (AvgIpc) is 2.46. The Balaban J connectivity index is 2.03. The molecule has 0 amide bonds. The molecular formula is C18H29NO. The van der Waals surface area contributed by atoms with Crippen LogP contribution in [-0.2, 0) is 6.42 Å². The fraction of sp³-hybridized carbons (Fsp3) is 0.667. The lowest BCUT2D eigenvalue weighted by Gasteiger charge is -2.27. The molecule has 2 nitrogen and oxygen atoms in total. The maximum absolute atomic E-state index is 5.99. The average molecular weight is 275 g/mol. The van der Waals surface area contributed by atoms with E-state index in [1.54, 1.807) is 0 Å². The van der Waals surface area contributed by atoms with Crippen LogP contribution in [0.15, 0.2) is 18.2 Å². The molecule has 2 atom stereocenters. The van der Waals surface area contributed by atoms with Crippen molar-refractivity contribution in [2.75, 3.05) is 13.2 Å². The number of rotatable bonds is 7. The lowest BCUT2D eigenvalue weighted by molar-refractivity contribution is 0.251. The Morgan fingerprint density at radius 3 is 2.95 bits per heavy atom. The summed E-state index contributed by atoms with van der Waals surface area (Å²) in [5, 5.41) is 3.60. The first-order valence-corrected chi connectivity index (χ1v) is 8.23. The van der Waals surface area contributed by atoms with E-state index in [0.29, 0.717) is 12.0 Å². The molecule has 0 saturated carbocycles. The largest absolute Gasteiger partial charge is 0.493 e. The molecule has 0 bridgehead atoms. The molecule has 0 saturated heterocycles. The highest BCUT2D eigenvalue weighted by molar-refractivity contribution is 5.39. The van der Waals surface area contributed by atoms with Crippen molar-refractivity contribution in [2.24, 2.45) is 5.92 Å². The molecule has 1 aliphatic carbocycles. The summed E-state index contributed by atoms with van der Waals surface area (Å²) in [6.45, 7) is 8.54. The van der Waals surface area contributed by atoms with E-state index in [1.165, 1.54) is 43.2 Å². The van der Waals surface area contributed by atoms with Gasteiger partial charge in [-0.1, -0.05) is 33.3 Å². The number of nitrogens with one attached hydrogen (secondary N) is 1.